The fraction of sp³-hybridized carbons (Fsp3) is 0. The molecule has 7 heteroatoms. The van der Waals surface area contributed by atoms with Gasteiger partial charge in [-0.15, -0.1) is 5.10 Å². The van der Waals surface area contributed by atoms with Gasteiger partial charge in [-0.2, -0.15) is 9.50 Å². The van der Waals surface area contributed by atoms with Gasteiger partial charge in [0.1, 0.15) is 5.82 Å². The Morgan fingerprint density at radius 3 is 2.67 bits per heavy atom. The molecule has 2 aromatic heterocycles. The molecule has 0 N–H and O–H groups in total. The van der Waals surface area contributed by atoms with Crippen LogP contribution in [0.5, 0.6) is 0 Å². The highest BCUT2D eigenvalue weighted by atomic mass is 79.9. The minimum atomic E-state index is -0.340. The average molecular weight is 402 g/mol. The first kappa shape index (κ1) is 15.2. The molecule has 0 atom stereocenters. The summed E-state index contributed by atoms with van der Waals surface area (Å²) in [4.78, 5) is 17.4. The molecule has 0 aliphatic heterocycles. The molecule has 0 unspecified atom stereocenters. The summed E-state index contributed by atoms with van der Waals surface area (Å²) >= 11 is 4.61. The van der Waals surface area contributed by atoms with Crippen LogP contribution < -0.4 is 10.1 Å². The lowest BCUT2D eigenvalue weighted by Gasteiger charge is -1.94. The van der Waals surface area contributed by atoms with Gasteiger partial charge >= 0.3 is 0 Å². The van der Waals surface area contributed by atoms with E-state index in [1.807, 2.05) is 24.3 Å². The summed E-state index contributed by atoms with van der Waals surface area (Å²) in [5.41, 5.74) is 1.21. The van der Waals surface area contributed by atoms with Gasteiger partial charge in [-0.3, -0.25) is 4.79 Å². The number of halogens is 2. The highest BCUT2D eigenvalue weighted by Crippen LogP contribution is 2.19. The van der Waals surface area contributed by atoms with E-state index in [0.717, 1.165) is 10.0 Å². The Bertz CT molecular complexity index is 1150. The first-order chi connectivity index (χ1) is 11.6. The van der Waals surface area contributed by atoms with Crippen molar-refractivity contribution < 1.29 is 4.39 Å². The van der Waals surface area contributed by atoms with Crippen LogP contribution in [0.1, 0.15) is 5.56 Å². The Morgan fingerprint density at radius 2 is 1.96 bits per heavy atom. The molecule has 0 radical (unpaired) electrons. The van der Waals surface area contributed by atoms with Gasteiger partial charge in [0.05, 0.1) is 4.53 Å². The number of hydrogen-bond donors (Lipinski definition) is 0. The predicted octanol–water partition coefficient (Wildman–Crippen LogP) is 3.27. The lowest BCUT2D eigenvalue weighted by atomic mass is 10.2. The van der Waals surface area contributed by atoms with Crippen molar-refractivity contribution in [1.29, 1.82) is 0 Å². The van der Waals surface area contributed by atoms with Crippen molar-refractivity contribution in [2.24, 2.45) is 0 Å². The van der Waals surface area contributed by atoms with E-state index in [9.17, 15) is 9.18 Å². The molecule has 0 spiro atoms. The molecule has 4 aromatic rings. The number of aromatic nitrogens is 3. The molecule has 118 valence electrons. The number of rotatable bonds is 2. The molecular weight excluding hydrogens is 393 g/mol. The second-order valence-electron chi connectivity index (χ2n) is 5.11. The molecule has 0 saturated carbocycles. The van der Waals surface area contributed by atoms with Crippen LogP contribution >= 0.6 is 27.3 Å². The van der Waals surface area contributed by atoms with Crippen LogP contribution in [-0.2, 0) is 0 Å². The van der Waals surface area contributed by atoms with Gasteiger partial charge < -0.3 is 0 Å². The summed E-state index contributed by atoms with van der Waals surface area (Å²) in [5.74, 6) is 0.163. The van der Waals surface area contributed by atoms with Crippen molar-refractivity contribution in [3.8, 4) is 11.4 Å². The van der Waals surface area contributed by atoms with Gasteiger partial charge in [-0.25, -0.2) is 4.39 Å². The normalized spacial score (nSPS) is 12.2. The van der Waals surface area contributed by atoms with Crippen LogP contribution in [0.4, 0.5) is 4.39 Å². The Kier molecular flexibility index (Phi) is 3.74. The third-order valence-electron chi connectivity index (χ3n) is 3.43. The predicted molar refractivity (Wildman–Crippen MR) is 95.5 cm³/mol. The number of fused-ring (bicyclic) bond motifs is 1. The largest absolute Gasteiger partial charge is 0.291 e. The van der Waals surface area contributed by atoms with Gasteiger partial charge in [0.15, 0.2) is 5.82 Å². The van der Waals surface area contributed by atoms with Gasteiger partial charge in [0, 0.05) is 10.0 Å². The first-order valence-electron chi connectivity index (χ1n) is 7.03. The third kappa shape index (κ3) is 2.76. The SMILES string of the molecule is O=c1/c(=C\c2cccc(F)c2)sc2nc(-c3ccc(Br)cc3)nn12. The van der Waals surface area contributed by atoms with E-state index in [1.54, 1.807) is 18.2 Å². The summed E-state index contributed by atoms with van der Waals surface area (Å²) in [6.07, 6.45) is 1.64. The minimum Gasteiger partial charge on any atom is -0.266 e. The van der Waals surface area contributed by atoms with Gasteiger partial charge in [-0.05, 0) is 35.9 Å². The maximum absolute atomic E-state index is 13.3. The summed E-state index contributed by atoms with van der Waals surface area (Å²) in [6.45, 7) is 0. The highest BCUT2D eigenvalue weighted by molar-refractivity contribution is 9.10. The van der Waals surface area contributed by atoms with E-state index in [-0.39, 0.29) is 11.4 Å². The lowest BCUT2D eigenvalue weighted by molar-refractivity contribution is 0.627. The van der Waals surface area contributed by atoms with Crippen LogP contribution in [0.3, 0.4) is 0 Å². The highest BCUT2D eigenvalue weighted by Gasteiger charge is 2.11. The smallest absolute Gasteiger partial charge is 0.266 e. The fourth-order valence-electron chi connectivity index (χ4n) is 2.30. The summed E-state index contributed by atoms with van der Waals surface area (Å²) in [6, 6.07) is 13.6. The number of nitrogens with zero attached hydrogens (tertiary/aromatic N) is 3. The molecule has 0 saturated heterocycles. The standard InChI is InChI=1S/C17H9BrFN3OS/c18-12-6-4-11(5-7-12)15-20-17-22(21-15)16(23)14(24-17)9-10-2-1-3-13(19)8-10/h1-9H/b14-9+. The van der Waals surface area contributed by atoms with Gasteiger partial charge in [0.25, 0.3) is 5.56 Å². The molecule has 4 nitrogen and oxygen atoms in total. The zero-order valence-corrected chi connectivity index (χ0v) is 14.5. The molecule has 2 aromatic carbocycles. The Morgan fingerprint density at radius 1 is 1.17 bits per heavy atom. The summed E-state index contributed by atoms with van der Waals surface area (Å²) in [7, 11) is 0. The maximum Gasteiger partial charge on any atom is 0.291 e. The minimum absolute atomic E-state index is 0.255. The lowest BCUT2D eigenvalue weighted by Crippen LogP contribution is -2.23. The third-order valence-corrected chi connectivity index (χ3v) is 4.92. The van der Waals surface area contributed by atoms with Crippen molar-refractivity contribution in [3.63, 3.8) is 0 Å². The number of thiazole rings is 1. The van der Waals surface area contributed by atoms with Crippen LogP contribution in [0.15, 0.2) is 57.8 Å². The molecule has 2 heterocycles. The molecule has 0 amide bonds. The number of hydrogen-bond acceptors (Lipinski definition) is 4. The van der Waals surface area contributed by atoms with Crippen molar-refractivity contribution in [2.75, 3.05) is 0 Å². The van der Waals surface area contributed by atoms with Gasteiger partial charge in [0.2, 0.25) is 4.96 Å². The summed E-state index contributed by atoms with van der Waals surface area (Å²) < 4.78 is 16.0. The van der Waals surface area contributed by atoms with Crippen LogP contribution in [0, 0.1) is 5.82 Å². The monoisotopic (exact) mass is 401 g/mol. The Labute approximate surface area is 148 Å². The second-order valence-corrected chi connectivity index (χ2v) is 7.03. The van der Waals surface area contributed by atoms with Crippen LogP contribution in [0.2, 0.25) is 0 Å². The maximum atomic E-state index is 13.3. The summed E-state index contributed by atoms with van der Waals surface area (Å²) in [5, 5.41) is 4.29. The molecule has 0 bridgehead atoms. The van der Waals surface area contributed by atoms with Gasteiger partial charge in [-0.1, -0.05) is 51.5 Å². The fourth-order valence-corrected chi connectivity index (χ4v) is 3.47. The van der Waals surface area contributed by atoms with Crippen LogP contribution in [-0.4, -0.2) is 14.6 Å². The second kappa shape index (κ2) is 5.92. The van der Waals surface area contributed by atoms with Crippen molar-refractivity contribution >= 4 is 38.3 Å². The zero-order valence-electron chi connectivity index (χ0n) is 12.1. The number of benzene rings is 2. The first-order valence-corrected chi connectivity index (χ1v) is 8.64. The topological polar surface area (TPSA) is 47.3 Å². The molecule has 0 aliphatic rings. The van der Waals surface area contributed by atoms with E-state index in [0.29, 0.717) is 20.9 Å². The van der Waals surface area contributed by atoms with Crippen molar-refractivity contribution in [2.45, 2.75) is 0 Å². The molecular formula is C17H9BrFN3OS. The van der Waals surface area contributed by atoms with E-state index >= 15 is 0 Å². The Hall–Kier alpha value is -2.38. The van der Waals surface area contributed by atoms with Crippen molar-refractivity contribution in [1.82, 2.24) is 14.6 Å². The van der Waals surface area contributed by atoms with E-state index < -0.39 is 0 Å². The average Bonchev–Trinajstić information content (AvgIpc) is 3.09. The van der Waals surface area contributed by atoms with E-state index in [1.165, 1.54) is 28.0 Å². The molecule has 4 rings (SSSR count). The molecule has 0 fully saturated rings. The van der Waals surface area contributed by atoms with E-state index in [2.05, 4.69) is 26.0 Å². The Balaban J connectivity index is 1.81. The van der Waals surface area contributed by atoms with E-state index in [4.69, 9.17) is 0 Å². The molecule has 0 aliphatic carbocycles. The molecule has 24 heavy (non-hydrogen) atoms. The van der Waals surface area contributed by atoms with Crippen molar-refractivity contribution in [3.05, 3.63) is 79.3 Å². The zero-order chi connectivity index (χ0) is 16.7. The van der Waals surface area contributed by atoms with Crippen LogP contribution in [0.25, 0.3) is 22.4 Å². The quantitative estimate of drug-likeness (QED) is 0.517.